The van der Waals surface area contributed by atoms with Crippen LogP contribution >= 0.6 is 0 Å². The second-order valence-electron chi connectivity index (χ2n) is 2.79. The van der Waals surface area contributed by atoms with E-state index in [-0.39, 0.29) is 17.0 Å². The van der Waals surface area contributed by atoms with Crippen molar-refractivity contribution in [3.63, 3.8) is 0 Å². The van der Waals surface area contributed by atoms with Gasteiger partial charge in [0.1, 0.15) is 24.4 Å². The number of nitrogens with zero attached hydrogens (tertiary/aromatic N) is 2. The van der Waals surface area contributed by atoms with Crippen LogP contribution in [0.15, 0.2) is 34.6 Å². The maximum Gasteiger partial charge on any atom is 0.137 e. The molecule has 0 aliphatic rings. The Kier molecular flexibility index (Phi) is 3.79. The van der Waals surface area contributed by atoms with Gasteiger partial charge in [-0.2, -0.15) is 0 Å². The lowest BCUT2D eigenvalue weighted by Gasteiger charge is -2.04. The van der Waals surface area contributed by atoms with E-state index < -0.39 is 5.82 Å². The minimum Gasteiger partial charge on any atom is -0.411 e. The number of halogens is 1. The molecule has 0 aliphatic heterocycles. The summed E-state index contributed by atoms with van der Waals surface area (Å²) in [5.74, 6) is -0.448. The third kappa shape index (κ3) is 2.52. The van der Waals surface area contributed by atoms with Gasteiger partial charge in [-0.15, -0.1) is 0 Å². The summed E-state index contributed by atoms with van der Waals surface area (Å²) in [6.45, 7) is 1.50. The maximum atomic E-state index is 13.4. The highest BCUT2D eigenvalue weighted by molar-refractivity contribution is 6.47. The first kappa shape index (κ1) is 11.2. The molecule has 1 aromatic rings. The molecule has 0 aliphatic carbocycles. The maximum absolute atomic E-state index is 13.4. The molecule has 0 bridgehead atoms. The Morgan fingerprint density at radius 2 is 2.07 bits per heavy atom. The molecule has 0 radical (unpaired) electrons. The van der Waals surface area contributed by atoms with E-state index in [4.69, 9.17) is 5.21 Å². The zero-order valence-electron chi connectivity index (χ0n) is 8.44. The Hall–Kier alpha value is -1.91. The summed E-state index contributed by atoms with van der Waals surface area (Å²) >= 11 is 0. The van der Waals surface area contributed by atoms with Crippen LogP contribution in [0.4, 0.5) is 4.39 Å². The third-order valence-corrected chi connectivity index (χ3v) is 1.80. The molecule has 4 nitrogen and oxygen atoms in total. The molecule has 1 rings (SSSR count). The average molecular weight is 210 g/mol. The van der Waals surface area contributed by atoms with Gasteiger partial charge in [-0.25, -0.2) is 4.39 Å². The van der Waals surface area contributed by atoms with Gasteiger partial charge in [-0.1, -0.05) is 22.4 Å². The molecule has 0 atom stereocenters. The largest absolute Gasteiger partial charge is 0.411 e. The van der Waals surface area contributed by atoms with Crippen molar-refractivity contribution in [1.82, 2.24) is 0 Å². The predicted molar refractivity (Wildman–Crippen MR) is 54.8 cm³/mol. The summed E-state index contributed by atoms with van der Waals surface area (Å²) in [6.07, 6.45) is 0. The molecular weight excluding hydrogens is 199 g/mol. The Morgan fingerprint density at radius 1 is 1.40 bits per heavy atom. The molecule has 0 heterocycles. The van der Waals surface area contributed by atoms with Crippen LogP contribution in [-0.4, -0.2) is 23.7 Å². The Balaban J connectivity index is 3.23. The first-order valence-corrected chi connectivity index (χ1v) is 4.25. The first-order valence-electron chi connectivity index (χ1n) is 4.25. The minimum atomic E-state index is -0.448. The smallest absolute Gasteiger partial charge is 0.137 e. The van der Waals surface area contributed by atoms with Gasteiger partial charge in [-0.05, 0) is 19.1 Å². The van der Waals surface area contributed by atoms with Crippen molar-refractivity contribution in [2.24, 2.45) is 10.3 Å². The molecule has 0 spiro atoms. The van der Waals surface area contributed by atoms with Crippen molar-refractivity contribution in [3.05, 3.63) is 35.6 Å². The monoisotopic (exact) mass is 210 g/mol. The summed E-state index contributed by atoms with van der Waals surface area (Å²) in [7, 11) is 1.34. The van der Waals surface area contributed by atoms with Gasteiger partial charge in [-0.3, -0.25) is 0 Å². The average Bonchev–Trinajstić information content (AvgIpc) is 2.26. The topological polar surface area (TPSA) is 54.2 Å². The quantitative estimate of drug-likeness (QED) is 0.471. The van der Waals surface area contributed by atoms with Crippen LogP contribution in [0.2, 0.25) is 0 Å². The van der Waals surface area contributed by atoms with Gasteiger partial charge in [0, 0.05) is 5.56 Å². The molecule has 0 saturated heterocycles. The number of oxime groups is 2. The molecule has 0 fully saturated rings. The van der Waals surface area contributed by atoms with Gasteiger partial charge in [0.15, 0.2) is 0 Å². The molecule has 15 heavy (non-hydrogen) atoms. The zero-order chi connectivity index (χ0) is 11.3. The van der Waals surface area contributed by atoms with Crippen LogP contribution < -0.4 is 0 Å². The lowest BCUT2D eigenvalue weighted by Crippen LogP contribution is -2.14. The molecule has 80 valence electrons. The summed E-state index contributed by atoms with van der Waals surface area (Å²) in [5, 5.41) is 15.2. The summed E-state index contributed by atoms with van der Waals surface area (Å²) in [5.41, 5.74) is 0.578. The second-order valence-corrected chi connectivity index (χ2v) is 2.79. The number of hydrogen-bond acceptors (Lipinski definition) is 4. The normalized spacial score (nSPS) is 12.7. The van der Waals surface area contributed by atoms with E-state index in [1.54, 1.807) is 12.1 Å². The van der Waals surface area contributed by atoms with E-state index in [0.717, 1.165) is 0 Å². The molecule has 1 aromatic carbocycles. The molecule has 0 saturated carbocycles. The van der Waals surface area contributed by atoms with Gasteiger partial charge in [0.05, 0.1) is 0 Å². The molecular formula is C10H11FN2O2. The zero-order valence-corrected chi connectivity index (χ0v) is 8.44. The highest BCUT2D eigenvalue weighted by Gasteiger charge is 2.13. The fourth-order valence-corrected chi connectivity index (χ4v) is 1.10. The van der Waals surface area contributed by atoms with Gasteiger partial charge < -0.3 is 10.0 Å². The van der Waals surface area contributed by atoms with Gasteiger partial charge in [0.2, 0.25) is 0 Å². The number of hydrogen-bond donors (Lipinski definition) is 1. The van der Waals surface area contributed by atoms with Crippen molar-refractivity contribution < 1.29 is 14.4 Å². The van der Waals surface area contributed by atoms with E-state index in [1.165, 1.54) is 26.2 Å². The highest BCUT2D eigenvalue weighted by atomic mass is 19.1. The van der Waals surface area contributed by atoms with Crippen molar-refractivity contribution in [2.75, 3.05) is 7.11 Å². The van der Waals surface area contributed by atoms with Crippen LogP contribution in [0.25, 0.3) is 0 Å². The van der Waals surface area contributed by atoms with Crippen molar-refractivity contribution in [1.29, 1.82) is 0 Å². The summed E-state index contributed by atoms with van der Waals surface area (Å²) in [4.78, 5) is 4.57. The minimum absolute atomic E-state index is 0.165. The molecule has 1 N–H and O–H groups in total. The molecule has 5 heteroatoms. The SMILES string of the molecule is CO/N=C(\C(C)=N\O)c1ccccc1F. The Bertz CT molecular complexity index is 402. The van der Waals surface area contributed by atoms with Crippen LogP contribution in [0.5, 0.6) is 0 Å². The third-order valence-electron chi connectivity index (χ3n) is 1.80. The van der Waals surface area contributed by atoms with E-state index in [1.807, 2.05) is 0 Å². The van der Waals surface area contributed by atoms with Crippen LogP contribution in [-0.2, 0) is 4.84 Å². The van der Waals surface area contributed by atoms with Crippen molar-refractivity contribution in [2.45, 2.75) is 6.92 Å². The fourth-order valence-electron chi connectivity index (χ4n) is 1.10. The highest BCUT2D eigenvalue weighted by Crippen LogP contribution is 2.09. The summed E-state index contributed by atoms with van der Waals surface area (Å²) < 4.78 is 13.4. The van der Waals surface area contributed by atoms with E-state index in [2.05, 4.69) is 15.1 Å². The molecule has 0 aromatic heterocycles. The first-order chi connectivity index (χ1) is 7.20. The van der Waals surface area contributed by atoms with Crippen LogP contribution in [0.1, 0.15) is 12.5 Å². The second kappa shape index (κ2) is 5.09. The lowest BCUT2D eigenvalue weighted by atomic mass is 10.1. The fraction of sp³-hybridized carbons (Fsp3) is 0.200. The number of benzene rings is 1. The van der Waals surface area contributed by atoms with Gasteiger partial charge >= 0.3 is 0 Å². The lowest BCUT2D eigenvalue weighted by molar-refractivity contribution is 0.214. The van der Waals surface area contributed by atoms with Crippen molar-refractivity contribution in [3.8, 4) is 0 Å². The van der Waals surface area contributed by atoms with E-state index in [0.29, 0.717) is 0 Å². The number of rotatable bonds is 3. The standard InChI is InChI=1S/C10H11FN2O2/c1-7(12-14)10(13-15-2)8-5-3-4-6-9(8)11/h3-6,14H,1-2H3/b12-7+,13-10+. The molecule has 0 amide bonds. The van der Waals surface area contributed by atoms with Crippen LogP contribution in [0.3, 0.4) is 0 Å². The predicted octanol–water partition coefficient (Wildman–Crippen LogP) is 2.03. The summed E-state index contributed by atoms with van der Waals surface area (Å²) in [6, 6.07) is 6.05. The Morgan fingerprint density at radius 3 is 2.60 bits per heavy atom. The van der Waals surface area contributed by atoms with Crippen LogP contribution in [0, 0.1) is 5.82 Å². The Labute approximate surface area is 86.7 Å². The van der Waals surface area contributed by atoms with E-state index >= 15 is 0 Å². The molecule has 0 unspecified atom stereocenters. The van der Waals surface area contributed by atoms with E-state index in [9.17, 15) is 4.39 Å². The van der Waals surface area contributed by atoms with Gasteiger partial charge in [0.25, 0.3) is 0 Å². The van der Waals surface area contributed by atoms with Crippen molar-refractivity contribution >= 4 is 11.4 Å².